The van der Waals surface area contributed by atoms with E-state index in [2.05, 4.69) is 25.7 Å². The Hall–Kier alpha value is -0.120. The van der Waals surface area contributed by atoms with Crippen molar-refractivity contribution in [2.45, 2.75) is 46.1 Å². The molecule has 3 heteroatoms. The first-order valence-electron chi connectivity index (χ1n) is 7.49. The fraction of sp³-hybridized carbons (Fsp3) is 1.00. The average Bonchev–Trinajstić information content (AvgIpc) is 2.36. The molecule has 106 valence electrons. The molecule has 2 saturated heterocycles. The Labute approximate surface area is 112 Å². The summed E-state index contributed by atoms with van der Waals surface area (Å²) in [5.41, 5.74) is -0.0106. The smallest absolute Gasteiger partial charge is 0.0556 e. The summed E-state index contributed by atoms with van der Waals surface area (Å²) in [6.45, 7) is 11.1. The number of nitrogens with zero attached hydrogens (tertiary/aromatic N) is 1. The van der Waals surface area contributed by atoms with Crippen molar-refractivity contribution in [1.82, 2.24) is 4.90 Å². The predicted molar refractivity (Wildman–Crippen MR) is 73.6 cm³/mol. The number of piperidine rings is 1. The minimum absolute atomic E-state index is 0.0106. The van der Waals surface area contributed by atoms with Crippen LogP contribution in [-0.4, -0.2) is 49.0 Å². The molecule has 18 heavy (non-hydrogen) atoms. The monoisotopic (exact) mass is 255 g/mol. The van der Waals surface area contributed by atoms with E-state index >= 15 is 0 Å². The predicted octanol–water partition coefficient (Wildman–Crippen LogP) is 2.14. The van der Waals surface area contributed by atoms with E-state index in [0.29, 0.717) is 6.04 Å². The molecule has 0 spiro atoms. The standard InChI is InChI=1S/C15H29NO2/c1-12-7-13(2)14(3)16(8-12)9-15(10-17)5-4-6-18-11-15/h12-14,17H,4-11H2,1-3H3. The van der Waals surface area contributed by atoms with E-state index in [1.54, 1.807) is 0 Å². The fourth-order valence-corrected chi connectivity index (χ4v) is 3.68. The van der Waals surface area contributed by atoms with Crippen LogP contribution in [0, 0.1) is 17.3 Å². The van der Waals surface area contributed by atoms with Crippen molar-refractivity contribution < 1.29 is 9.84 Å². The number of aliphatic hydroxyl groups is 1. The van der Waals surface area contributed by atoms with Gasteiger partial charge in [-0.2, -0.15) is 0 Å². The maximum atomic E-state index is 9.78. The summed E-state index contributed by atoms with van der Waals surface area (Å²) >= 11 is 0. The SMILES string of the molecule is CC1CC(C)C(C)N(CC2(CO)CCCOC2)C1. The Morgan fingerprint density at radius 2 is 2.11 bits per heavy atom. The number of likely N-dealkylation sites (tertiary alicyclic amines) is 1. The summed E-state index contributed by atoms with van der Waals surface area (Å²) in [5.74, 6) is 1.53. The highest BCUT2D eigenvalue weighted by Gasteiger charge is 2.38. The second-order valence-electron chi connectivity index (χ2n) is 6.80. The van der Waals surface area contributed by atoms with Crippen LogP contribution >= 0.6 is 0 Å². The van der Waals surface area contributed by atoms with E-state index in [0.717, 1.165) is 44.4 Å². The zero-order chi connectivity index (χ0) is 13.2. The maximum Gasteiger partial charge on any atom is 0.0556 e. The van der Waals surface area contributed by atoms with Crippen molar-refractivity contribution in [1.29, 1.82) is 0 Å². The minimum atomic E-state index is -0.0106. The van der Waals surface area contributed by atoms with Crippen molar-refractivity contribution in [3.8, 4) is 0 Å². The van der Waals surface area contributed by atoms with Gasteiger partial charge in [0.25, 0.3) is 0 Å². The van der Waals surface area contributed by atoms with Gasteiger partial charge >= 0.3 is 0 Å². The largest absolute Gasteiger partial charge is 0.396 e. The van der Waals surface area contributed by atoms with Crippen molar-refractivity contribution in [3.63, 3.8) is 0 Å². The Kier molecular flexibility index (Phi) is 4.68. The number of hydrogen-bond acceptors (Lipinski definition) is 3. The minimum Gasteiger partial charge on any atom is -0.396 e. The van der Waals surface area contributed by atoms with Crippen LogP contribution in [0.3, 0.4) is 0 Å². The molecule has 0 amide bonds. The second kappa shape index (κ2) is 5.89. The summed E-state index contributed by atoms with van der Waals surface area (Å²) in [4.78, 5) is 2.59. The third-order valence-electron chi connectivity index (χ3n) is 5.00. The molecule has 0 aromatic heterocycles. The summed E-state index contributed by atoms with van der Waals surface area (Å²) < 4.78 is 5.62. The van der Waals surface area contributed by atoms with Crippen LogP contribution in [0.2, 0.25) is 0 Å². The van der Waals surface area contributed by atoms with Gasteiger partial charge in [-0.1, -0.05) is 13.8 Å². The molecule has 2 aliphatic heterocycles. The van der Waals surface area contributed by atoms with Crippen molar-refractivity contribution in [2.75, 3.05) is 32.9 Å². The Morgan fingerprint density at radius 1 is 1.33 bits per heavy atom. The molecule has 0 aromatic carbocycles. The van der Waals surface area contributed by atoms with E-state index in [1.165, 1.54) is 13.0 Å². The van der Waals surface area contributed by atoms with E-state index in [1.807, 2.05) is 0 Å². The summed E-state index contributed by atoms with van der Waals surface area (Å²) in [5, 5.41) is 9.78. The Morgan fingerprint density at radius 3 is 2.72 bits per heavy atom. The lowest BCUT2D eigenvalue weighted by Gasteiger charge is -2.47. The fourth-order valence-electron chi connectivity index (χ4n) is 3.68. The Bertz CT molecular complexity index is 263. The molecule has 2 aliphatic rings. The van der Waals surface area contributed by atoms with Gasteiger partial charge < -0.3 is 9.84 Å². The van der Waals surface area contributed by atoms with Crippen LogP contribution in [0.15, 0.2) is 0 Å². The highest BCUT2D eigenvalue weighted by molar-refractivity contribution is 4.90. The molecule has 2 rings (SSSR count). The topological polar surface area (TPSA) is 32.7 Å². The van der Waals surface area contributed by atoms with Gasteiger partial charge in [0.05, 0.1) is 13.2 Å². The van der Waals surface area contributed by atoms with Gasteiger partial charge in [-0.25, -0.2) is 0 Å². The first-order valence-corrected chi connectivity index (χ1v) is 7.49. The molecule has 0 saturated carbocycles. The summed E-state index contributed by atoms with van der Waals surface area (Å²) in [7, 11) is 0. The molecule has 2 heterocycles. The van der Waals surface area contributed by atoms with Gasteiger partial charge in [0.2, 0.25) is 0 Å². The van der Waals surface area contributed by atoms with Gasteiger partial charge in [0.1, 0.15) is 0 Å². The van der Waals surface area contributed by atoms with Gasteiger partial charge in [-0.15, -0.1) is 0 Å². The summed E-state index contributed by atoms with van der Waals surface area (Å²) in [6.07, 6.45) is 3.53. The van der Waals surface area contributed by atoms with Crippen LogP contribution in [0.4, 0.5) is 0 Å². The molecule has 4 unspecified atom stereocenters. The number of aliphatic hydroxyl groups excluding tert-OH is 1. The van der Waals surface area contributed by atoms with Gasteiger partial charge in [0.15, 0.2) is 0 Å². The highest BCUT2D eigenvalue weighted by Crippen LogP contribution is 2.34. The third-order valence-corrected chi connectivity index (χ3v) is 5.00. The molecule has 0 radical (unpaired) electrons. The quantitative estimate of drug-likeness (QED) is 0.838. The average molecular weight is 255 g/mol. The van der Waals surface area contributed by atoms with Crippen molar-refractivity contribution in [3.05, 3.63) is 0 Å². The molecular weight excluding hydrogens is 226 g/mol. The van der Waals surface area contributed by atoms with Gasteiger partial charge in [-0.3, -0.25) is 4.90 Å². The van der Waals surface area contributed by atoms with Crippen LogP contribution in [-0.2, 0) is 4.74 Å². The molecule has 0 aromatic rings. The molecular formula is C15H29NO2. The zero-order valence-electron chi connectivity index (χ0n) is 12.2. The number of rotatable bonds is 3. The maximum absolute atomic E-state index is 9.78. The van der Waals surface area contributed by atoms with Crippen LogP contribution in [0.25, 0.3) is 0 Å². The second-order valence-corrected chi connectivity index (χ2v) is 6.80. The summed E-state index contributed by atoms with van der Waals surface area (Å²) in [6, 6.07) is 0.631. The first kappa shape index (κ1) is 14.3. The van der Waals surface area contributed by atoms with E-state index in [-0.39, 0.29) is 12.0 Å². The van der Waals surface area contributed by atoms with Crippen molar-refractivity contribution >= 4 is 0 Å². The number of ether oxygens (including phenoxy) is 1. The lowest BCUT2D eigenvalue weighted by Crippen LogP contribution is -2.53. The molecule has 1 N–H and O–H groups in total. The molecule has 0 aliphatic carbocycles. The normalized spacial score (nSPS) is 43.0. The van der Waals surface area contributed by atoms with Crippen LogP contribution in [0.1, 0.15) is 40.0 Å². The molecule has 4 atom stereocenters. The first-order chi connectivity index (χ1) is 8.56. The van der Waals surface area contributed by atoms with Crippen LogP contribution in [0.5, 0.6) is 0 Å². The molecule has 3 nitrogen and oxygen atoms in total. The van der Waals surface area contributed by atoms with E-state index in [4.69, 9.17) is 4.74 Å². The van der Waals surface area contributed by atoms with E-state index < -0.39 is 0 Å². The van der Waals surface area contributed by atoms with Gasteiger partial charge in [0, 0.05) is 31.2 Å². The lowest BCUT2D eigenvalue weighted by molar-refractivity contribution is -0.0715. The van der Waals surface area contributed by atoms with Gasteiger partial charge in [-0.05, 0) is 38.0 Å². The lowest BCUT2D eigenvalue weighted by atomic mass is 9.79. The zero-order valence-corrected chi connectivity index (χ0v) is 12.2. The Balaban J connectivity index is 2.01. The highest BCUT2D eigenvalue weighted by atomic mass is 16.5. The van der Waals surface area contributed by atoms with E-state index in [9.17, 15) is 5.11 Å². The van der Waals surface area contributed by atoms with Crippen molar-refractivity contribution in [2.24, 2.45) is 17.3 Å². The number of hydrogen-bond donors (Lipinski definition) is 1. The molecule has 2 fully saturated rings. The van der Waals surface area contributed by atoms with Crippen LogP contribution < -0.4 is 0 Å². The molecule has 0 bridgehead atoms. The third kappa shape index (κ3) is 3.06.